The van der Waals surface area contributed by atoms with Crippen LogP contribution in [0.25, 0.3) is 0 Å². The predicted octanol–water partition coefficient (Wildman–Crippen LogP) is 2.09. The number of piperidine rings is 1. The van der Waals surface area contributed by atoms with Crippen molar-refractivity contribution < 1.29 is 65.0 Å². The van der Waals surface area contributed by atoms with Crippen molar-refractivity contribution in [3.8, 4) is 0 Å². The van der Waals surface area contributed by atoms with Crippen LogP contribution in [0.5, 0.6) is 0 Å². The first-order valence-corrected chi connectivity index (χ1v) is 19.6. The number of carbonyl (C=O) groups is 5. The second-order valence-electron chi connectivity index (χ2n) is 12.3. The number of amides is 5. The molecule has 2 aliphatic rings. The second kappa shape index (κ2) is 23.7. The normalized spacial score (nSPS) is 15.7. The summed E-state index contributed by atoms with van der Waals surface area (Å²) in [6, 6.07) is 11.4. The van der Waals surface area contributed by atoms with Crippen LogP contribution in [0.4, 0.5) is 5.69 Å². The molecule has 1 unspecified atom stereocenters. The van der Waals surface area contributed by atoms with Crippen molar-refractivity contribution in [3.05, 3.63) is 59.7 Å². The molecule has 2 aromatic carbocycles. The first kappa shape index (κ1) is 43.6. The molecular formula is C37H49N3O14S. The third-order valence-corrected chi connectivity index (χ3v) is 9.62. The monoisotopic (exact) mass is 791 g/mol. The standard InChI is InChI=1S/C37H49N3O14S/c41-32(38-30-11-7-10-29-34(30)37(45)40(36(29)44)31-13-14-33(42)39-35(31)43)12-5-2-6-15-48-16-17-49-18-19-50-20-21-51-22-23-52-24-25-53-26-27-54-55(46,47)28-8-3-1-4-9-28/h1,3-4,7-11,31H,2,5-6,12-27H2,(H,38,41)(H,39,42,43). The molecule has 1 atom stereocenters. The van der Waals surface area contributed by atoms with Crippen molar-refractivity contribution in [1.82, 2.24) is 10.2 Å². The second-order valence-corrected chi connectivity index (χ2v) is 13.9. The van der Waals surface area contributed by atoms with Crippen LogP contribution < -0.4 is 10.6 Å². The third kappa shape index (κ3) is 14.5. The van der Waals surface area contributed by atoms with Gasteiger partial charge in [0, 0.05) is 19.4 Å². The lowest BCUT2D eigenvalue weighted by Crippen LogP contribution is -2.54. The van der Waals surface area contributed by atoms with E-state index in [-0.39, 0.29) is 60.1 Å². The highest BCUT2D eigenvalue weighted by molar-refractivity contribution is 7.86. The molecule has 2 aliphatic heterocycles. The summed E-state index contributed by atoms with van der Waals surface area (Å²) in [5.41, 5.74) is 0.358. The van der Waals surface area contributed by atoms with Crippen LogP contribution in [0.2, 0.25) is 0 Å². The number of nitrogens with zero attached hydrogens (tertiary/aromatic N) is 1. The summed E-state index contributed by atoms with van der Waals surface area (Å²) < 4.78 is 61.6. The maximum atomic E-state index is 13.2. The number of rotatable bonds is 28. The van der Waals surface area contributed by atoms with Gasteiger partial charge in [-0.15, -0.1) is 0 Å². The number of ether oxygens (including phenoxy) is 6. The van der Waals surface area contributed by atoms with Gasteiger partial charge in [-0.05, 0) is 43.5 Å². The molecule has 55 heavy (non-hydrogen) atoms. The molecule has 0 saturated carbocycles. The van der Waals surface area contributed by atoms with E-state index in [0.29, 0.717) is 79.1 Å². The summed E-state index contributed by atoms with van der Waals surface area (Å²) in [6.45, 7) is 4.53. The van der Waals surface area contributed by atoms with Crippen LogP contribution in [0.15, 0.2) is 53.4 Å². The fraction of sp³-hybridized carbons (Fsp3) is 0.541. The van der Waals surface area contributed by atoms with Crippen LogP contribution in [0.3, 0.4) is 0 Å². The number of anilines is 1. The van der Waals surface area contributed by atoms with Crippen molar-refractivity contribution in [1.29, 1.82) is 0 Å². The Morgan fingerprint density at radius 1 is 0.673 bits per heavy atom. The molecule has 0 aliphatic carbocycles. The minimum absolute atomic E-state index is 0.0226. The van der Waals surface area contributed by atoms with Gasteiger partial charge in [0.15, 0.2) is 0 Å². The zero-order chi connectivity index (χ0) is 39.3. The largest absolute Gasteiger partial charge is 0.379 e. The van der Waals surface area contributed by atoms with Crippen LogP contribution in [-0.2, 0) is 57.1 Å². The van der Waals surface area contributed by atoms with Crippen molar-refractivity contribution in [2.75, 3.05) is 91.2 Å². The van der Waals surface area contributed by atoms with Crippen molar-refractivity contribution in [3.63, 3.8) is 0 Å². The molecule has 302 valence electrons. The van der Waals surface area contributed by atoms with Gasteiger partial charge in [-0.3, -0.25) is 38.4 Å². The lowest BCUT2D eigenvalue weighted by Gasteiger charge is -2.27. The molecule has 1 saturated heterocycles. The minimum Gasteiger partial charge on any atom is -0.379 e. The molecule has 2 aromatic rings. The maximum absolute atomic E-state index is 13.2. The molecule has 2 heterocycles. The predicted molar refractivity (Wildman–Crippen MR) is 195 cm³/mol. The molecule has 17 nitrogen and oxygen atoms in total. The Bertz CT molecular complexity index is 1670. The number of hydrogen-bond acceptors (Lipinski definition) is 14. The van der Waals surface area contributed by atoms with E-state index in [9.17, 15) is 32.4 Å². The lowest BCUT2D eigenvalue weighted by atomic mass is 10.0. The fourth-order valence-corrected chi connectivity index (χ4v) is 6.47. The van der Waals surface area contributed by atoms with E-state index in [2.05, 4.69) is 10.6 Å². The average Bonchev–Trinajstić information content (AvgIpc) is 3.43. The van der Waals surface area contributed by atoms with Gasteiger partial charge in [-0.1, -0.05) is 30.7 Å². The summed E-state index contributed by atoms with van der Waals surface area (Å²) in [4.78, 5) is 63.6. The van der Waals surface area contributed by atoms with Crippen LogP contribution >= 0.6 is 0 Å². The van der Waals surface area contributed by atoms with Crippen molar-refractivity contribution >= 4 is 45.3 Å². The highest BCUT2D eigenvalue weighted by Gasteiger charge is 2.45. The quantitative estimate of drug-likeness (QED) is 0.0719. The summed E-state index contributed by atoms with van der Waals surface area (Å²) in [7, 11) is -3.78. The number of imide groups is 2. The molecule has 0 spiro atoms. The summed E-state index contributed by atoms with van der Waals surface area (Å²) in [5, 5.41) is 4.89. The van der Waals surface area contributed by atoms with Gasteiger partial charge in [-0.25, -0.2) is 0 Å². The molecular weight excluding hydrogens is 742 g/mol. The number of unbranched alkanes of at least 4 members (excludes halogenated alkanes) is 2. The number of carbonyl (C=O) groups excluding carboxylic acids is 5. The van der Waals surface area contributed by atoms with Crippen LogP contribution in [-0.4, -0.2) is 135 Å². The van der Waals surface area contributed by atoms with Gasteiger partial charge in [0.1, 0.15) is 6.04 Å². The van der Waals surface area contributed by atoms with Gasteiger partial charge in [-0.2, -0.15) is 8.42 Å². The fourth-order valence-electron chi connectivity index (χ4n) is 5.56. The smallest absolute Gasteiger partial charge is 0.297 e. The van der Waals surface area contributed by atoms with Gasteiger partial charge in [0.05, 0.1) is 101 Å². The van der Waals surface area contributed by atoms with E-state index in [1.54, 1.807) is 30.3 Å². The van der Waals surface area contributed by atoms with Crippen LogP contribution in [0, 0.1) is 0 Å². The Kier molecular flexibility index (Phi) is 18.8. The molecule has 1 fully saturated rings. The van der Waals surface area contributed by atoms with E-state index in [1.807, 2.05) is 0 Å². The zero-order valence-electron chi connectivity index (χ0n) is 30.7. The maximum Gasteiger partial charge on any atom is 0.297 e. The third-order valence-electron chi connectivity index (χ3n) is 8.29. The summed E-state index contributed by atoms with van der Waals surface area (Å²) in [6.07, 6.45) is 2.39. The Hall–Kier alpha value is -4.14. The average molecular weight is 792 g/mol. The molecule has 0 aromatic heterocycles. The van der Waals surface area contributed by atoms with E-state index >= 15 is 0 Å². The first-order valence-electron chi connectivity index (χ1n) is 18.2. The summed E-state index contributed by atoms with van der Waals surface area (Å²) >= 11 is 0. The van der Waals surface area contributed by atoms with Crippen molar-refractivity contribution in [2.24, 2.45) is 0 Å². The highest BCUT2D eigenvalue weighted by Crippen LogP contribution is 2.32. The molecule has 2 N–H and O–H groups in total. The SMILES string of the molecule is O=C1CCC(N2C(=O)c3cccc(NC(=O)CCCCCOCCOCCOCCOCCOCCOCCOS(=O)(=O)c4ccccc4)c3C2=O)C(=O)N1. The number of fused-ring (bicyclic) bond motifs is 1. The van der Waals surface area contributed by atoms with Gasteiger partial charge >= 0.3 is 0 Å². The molecule has 4 rings (SSSR count). The lowest BCUT2D eigenvalue weighted by molar-refractivity contribution is -0.136. The number of hydrogen-bond donors (Lipinski definition) is 2. The van der Waals surface area contributed by atoms with Gasteiger partial charge < -0.3 is 33.7 Å². The van der Waals surface area contributed by atoms with E-state index in [4.69, 9.17) is 32.6 Å². The molecule has 18 heteroatoms. The van der Waals surface area contributed by atoms with E-state index in [0.717, 1.165) is 17.7 Å². The summed E-state index contributed by atoms with van der Waals surface area (Å²) in [5.74, 6) is -2.75. The Morgan fingerprint density at radius 2 is 1.24 bits per heavy atom. The van der Waals surface area contributed by atoms with Gasteiger partial charge in [0.2, 0.25) is 17.7 Å². The van der Waals surface area contributed by atoms with Crippen molar-refractivity contribution in [2.45, 2.75) is 49.5 Å². The minimum atomic E-state index is -3.78. The Balaban J connectivity index is 0.896. The zero-order valence-corrected chi connectivity index (χ0v) is 31.5. The number of benzene rings is 2. The Morgan fingerprint density at radius 3 is 1.82 bits per heavy atom. The Labute approximate surface area is 320 Å². The van der Waals surface area contributed by atoms with E-state index in [1.165, 1.54) is 18.2 Å². The van der Waals surface area contributed by atoms with E-state index < -0.39 is 39.8 Å². The molecule has 0 bridgehead atoms. The first-order chi connectivity index (χ1) is 26.7. The number of nitrogens with one attached hydrogen (secondary N) is 2. The molecule has 0 radical (unpaired) electrons. The van der Waals surface area contributed by atoms with Gasteiger partial charge in [0.25, 0.3) is 21.9 Å². The van der Waals surface area contributed by atoms with Crippen LogP contribution in [0.1, 0.15) is 59.2 Å². The topological polar surface area (TPSA) is 211 Å². The molecule has 5 amide bonds. The highest BCUT2D eigenvalue weighted by atomic mass is 32.2.